The number of halogens is 3. The van der Waals surface area contributed by atoms with Crippen LogP contribution in [0.2, 0.25) is 0 Å². The van der Waals surface area contributed by atoms with Crippen LogP contribution in [0.5, 0.6) is 5.75 Å². The quantitative estimate of drug-likeness (QED) is 0.653. The van der Waals surface area contributed by atoms with E-state index in [0.717, 1.165) is 6.20 Å². The molecule has 0 saturated heterocycles. The molecule has 0 aromatic carbocycles. The molecule has 1 N–H and O–H groups in total. The lowest BCUT2D eigenvalue weighted by atomic mass is 10.2. The highest BCUT2D eigenvalue weighted by Crippen LogP contribution is 2.36. The molecule has 1 rings (SSSR count). The first-order valence-corrected chi connectivity index (χ1v) is 4.25. The maximum Gasteiger partial charge on any atom is 0.573 e. The summed E-state index contributed by atoms with van der Waals surface area (Å²) >= 11 is 0. The molecule has 9 heteroatoms. The maximum absolute atomic E-state index is 12.1. The van der Waals surface area contributed by atoms with Crippen molar-refractivity contribution >= 4 is 5.69 Å². The van der Waals surface area contributed by atoms with E-state index in [1.807, 2.05) is 0 Å². The van der Waals surface area contributed by atoms with Gasteiger partial charge in [0.05, 0.1) is 11.5 Å². The molecule has 0 amide bonds. The third-order valence-electron chi connectivity index (χ3n) is 1.83. The lowest BCUT2D eigenvalue weighted by Gasteiger charge is -2.12. The van der Waals surface area contributed by atoms with Crippen molar-refractivity contribution in [3.05, 3.63) is 27.6 Å². The van der Waals surface area contributed by atoms with Gasteiger partial charge >= 0.3 is 12.0 Å². The van der Waals surface area contributed by atoms with Gasteiger partial charge in [0.1, 0.15) is 5.69 Å². The number of alkyl halides is 3. The predicted octanol–water partition coefficient (Wildman–Crippen LogP) is 1.69. The van der Waals surface area contributed by atoms with E-state index in [1.165, 1.54) is 6.92 Å². The van der Waals surface area contributed by atoms with E-state index >= 15 is 0 Å². The van der Waals surface area contributed by atoms with E-state index in [-0.39, 0.29) is 5.69 Å². The second-order valence-electron chi connectivity index (χ2n) is 3.01. The molecule has 0 unspecified atom stereocenters. The summed E-state index contributed by atoms with van der Waals surface area (Å²) in [4.78, 5) is 13.1. The summed E-state index contributed by atoms with van der Waals surface area (Å²) in [5, 5.41) is 19.4. The number of pyridine rings is 1. The van der Waals surface area contributed by atoms with Crippen molar-refractivity contribution in [2.24, 2.45) is 0 Å². The number of hydrogen-bond donors (Lipinski definition) is 1. The zero-order valence-corrected chi connectivity index (χ0v) is 8.48. The summed E-state index contributed by atoms with van der Waals surface area (Å²) in [6.07, 6.45) is -4.19. The standard InChI is InChI=1S/C8H7F3N2O4/c1-4-6(13(15)16)7(17-8(9,10)11)5(3-14)2-12-4/h2,14H,3H2,1H3. The van der Waals surface area contributed by atoms with Crippen molar-refractivity contribution in [2.75, 3.05) is 0 Å². The maximum atomic E-state index is 12.1. The van der Waals surface area contributed by atoms with E-state index in [2.05, 4.69) is 9.72 Å². The number of hydrogen-bond acceptors (Lipinski definition) is 5. The summed E-state index contributed by atoms with van der Waals surface area (Å²) in [7, 11) is 0. The van der Waals surface area contributed by atoms with Crippen molar-refractivity contribution in [1.29, 1.82) is 0 Å². The van der Waals surface area contributed by atoms with Gasteiger partial charge < -0.3 is 9.84 Å². The van der Waals surface area contributed by atoms with Crippen LogP contribution in [0.4, 0.5) is 18.9 Å². The third kappa shape index (κ3) is 3.03. The zero-order chi connectivity index (χ0) is 13.2. The number of nitro groups is 1. The van der Waals surface area contributed by atoms with Crippen LogP contribution in [0.25, 0.3) is 0 Å². The monoisotopic (exact) mass is 252 g/mol. The Kier molecular flexibility index (Phi) is 3.51. The topological polar surface area (TPSA) is 85.5 Å². The third-order valence-corrected chi connectivity index (χ3v) is 1.83. The van der Waals surface area contributed by atoms with Crippen LogP contribution in [0.1, 0.15) is 11.3 Å². The van der Waals surface area contributed by atoms with Crippen molar-refractivity contribution in [2.45, 2.75) is 19.9 Å². The van der Waals surface area contributed by atoms with Gasteiger partial charge in [0.15, 0.2) is 0 Å². The minimum Gasteiger partial charge on any atom is -0.398 e. The minimum absolute atomic E-state index is 0.230. The van der Waals surface area contributed by atoms with Crippen molar-refractivity contribution in [3.63, 3.8) is 0 Å². The molecule has 0 radical (unpaired) electrons. The van der Waals surface area contributed by atoms with Crippen LogP contribution in [-0.4, -0.2) is 21.4 Å². The van der Waals surface area contributed by atoms with E-state index in [4.69, 9.17) is 5.11 Å². The van der Waals surface area contributed by atoms with Gasteiger partial charge in [0.25, 0.3) is 0 Å². The molecule has 0 bridgehead atoms. The molecule has 0 saturated carbocycles. The fourth-order valence-corrected chi connectivity index (χ4v) is 1.17. The number of aliphatic hydroxyl groups is 1. The highest BCUT2D eigenvalue weighted by molar-refractivity contribution is 5.53. The summed E-state index contributed by atoms with van der Waals surface area (Å²) in [6, 6.07) is 0. The van der Waals surface area contributed by atoms with Crippen LogP contribution in [-0.2, 0) is 6.61 Å². The van der Waals surface area contributed by atoms with E-state index < -0.39 is 34.9 Å². The summed E-state index contributed by atoms with van der Waals surface area (Å²) in [5.41, 5.74) is -1.54. The van der Waals surface area contributed by atoms with E-state index in [0.29, 0.717) is 0 Å². The Morgan fingerprint density at radius 2 is 2.18 bits per heavy atom. The first-order valence-electron chi connectivity index (χ1n) is 4.25. The Morgan fingerprint density at radius 3 is 2.59 bits per heavy atom. The molecule has 0 atom stereocenters. The fraction of sp³-hybridized carbons (Fsp3) is 0.375. The largest absolute Gasteiger partial charge is 0.573 e. The molecule has 0 aliphatic rings. The van der Waals surface area contributed by atoms with Crippen molar-refractivity contribution in [1.82, 2.24) is 4.98 Å². The number of aliphatic hydroxyl groups excluding tert-OH is 1. The first kappa shape index (κ1) is 13.2. The van der Waals surface area contributed by atoms with Crippen LogP contribution in [0, 0.1) is 17.0 Å². The van der Waals surface area contributed by atoms with Gasteiger partial charge in [0, 0.05) is 11.8 Å². The summed E-state index contributed by atoms with van der Waals surface area (Å²) in [5.74, 6) is -1.03. The van der Waals surface area contributed by atoms with Crippen LogP contribution in [0.15, 0.2) is 6.20 Å². The molecule has 1 aromatic rings. The lowest BCUT2D eigenvalue weighted by molar-refractivity contribution is -0.389. The Morgan fingerprint density at radius 1 is 1.59 bits per heavy atom. The Labute approximate surface area is 92.8 Å². The van der Waals surface area contributed by atoms with Gasteiger partial charge in [-0.15, -0.1) is 13.2 Å². The van der Waals surface area contributed by atoms with Crippen LogP contribution < -0.4 is 4.74 Å². The summed E-state index contributed by atoms with van der Waals surface area (Å²) < 4.78 is 39.8. The Balaban J connectivity index is 3.40. The van der Waals surface area contributed by atoms with Gasteiger partial charge in [-0.3, -0.25) is 15.1 Å². The van der Waals surface area contributed by atoms with Crippen LogP contribution >= 0.6 is 0 Å². The fourth-order valence-electron chi connectivity index (χ4n) is 1.17. The molecule has 94 valence electrons. The number of aromatic nitrogens is 1. The number of aryl methyl sites for hydroxylation is 1. The highest BCUT2D eigenvalue weighted by atomic mass is 19.4. The molecule has 0 fully saturated rings. The van der Waals surface area contributed by atoms with Crippen molar-refractivity contribution < 1.29 is 27.9 Å². The lowest BCUT2D eigenvalue weighted by Crippen LogP contribution is -2.19. The molecular formula is C8H7F3N2O4. The molecular weight excluding hydrogens is 245 g/mol. The van der Waals surface area contributed by atoms with Gasteiger partial charge in [-0.1, -0.05) is 0 Å². The molecule has 17 heavy (non-hydrogen) atoms. The Hall–Kier alpha value is -1.90. The van der Waals surface area contributed by atoms with Crippen molar-refractivity contribution in [3.8, 4) is 5.75 Å². The SMILES string of the molecule is Cc1ncc(CO)c(OC(F)(F)F)c1[N+](=O)[O-]. The molecule has 0 aliphatic carbocycles. The molecule has 0 aliphatic heterocycles. The van der Waals surface area contributed by atoms with Gasteiger partial charge in [0.2, 0.25) is 5.75 Å². The van der Waals surface area contributed by atoms with Gasteiger partial charge in [-0.05, 0) is 6.92 Å². The molecule has 0 spiro atoms. The molecule has 1 heterocycles. The first-order chi connectivity index (χ1) is 7.76. The number of nitrogens with zero attached hydrogens (tertiary/aromatic N) is 2. The predicted molar refractivity (Wildman–Crippen MR) is 48.2 cm³/mol. The van der Waals surface area contributed by atoms with E-state index in [9.17, 15) is 23.3 Å². The minimum atomic E-state index is -5.08. The second kappa shape index (κ2) is 4.53. The van der Waals surface area contributed by atoms with E-state index in [1.54, 1.807) is 0 Å². The zero-order valence-electron chi connectivity index (χ0n) is 8.48. The van der Waals surface area contributed by atoms with Gasteiger partial charge in [-0.2, -0.15) is 0 Å². The highest BCUT2D eigenvalue weighted by Gasteiger charge is 2.37. The van der Waals surface area contributed by atoms with Crippen LogP contribution in [0.3, 0.4) is 0 Å². The average molecular weight is 252 g/mol. The average Bonchev–Trinajstić information content (AvgIpc) is 2.15. The number of ether oxygens (including phenoxy) is 1. The molecule has 1 aromatic heterocycles. The normalized spacial score (nSPS) is 11.4. The number of rotatable bonds is 3. The Bertz CT molecular complexity index is 447. The summed E-state index contributed by atoms with van der Waals surface area (Å²) in [6.45, 7) is 0.321. The second-order valence-corrected chi connectivity index (χ2v) is 3.01. The smallest absolute Gasteiger partial charge is 0.398 e. The molecule has 6 nitrogen and oxygen atoms in total. The van der Waals surface area contributed by atoms with Gasteiger partial charge in [-0.25, -0.2) is 0 Å².